The SMILES string of the molecule is COc1cccc(C(=O)CC[NH+]2CC[C@@H](c3ccccc3)C2)c1. The van der Waals surface area contributed by atoms with Gasteiger partial charge in [-0.2, -0.15) is 0 Å². The predicted octanol–water partition coefficient (Wildman–Crippen LogP) is 2.34. The van der Waals surface area contributed by atoms with Crippen molar-refractivity contribution in [2.75, 3.05) is 26.7 Å². The van der Waals surface area contributed by atoms with E-state index in [0.717, 1.165) is 30.9 Å². The van der Waals surface area contributed by atoms with Crippen molar-refractivity contribution in [3.63, 3.8) is 0 Å². The van der Waals surface area contributed by atoms with E-state index in [4.69, 9.17) is 4.74 Å². The maximum absolute atomic E-state index is 12.4. The van der Waals surface area contributed by atoms with Crippen LogP contribution < -0.4 is 9.64 Å². The number of ether oxygens (including phenoxy) is 1. The predicted molar refractivity (Wildman–Crippen MR) is 91.3 cm³/mol. The van der Waals surface area contributed by atoms with Gasteiger partial charge in [0.05, 0.1) is 33.2 Å². The van der Waals surface area contributed by atoms with Crippen LogP contribution in [0.25, 0.3) is 0 Å². The molecule has 0 amide bonds. The minimum Gasteiger partial charge on any atom is -0.497 e. The number of Topliss-reactive ketones (excluding diaryl/α,β-unsaturated/α-hetero) is 1. The second-order valence-corrected chi connectivity index (χ2v) is 6.26. The van der Waals surface area contributed by atoms with Crippen LogP contribution in [0, 0.1) is 0 Å². The van der Waals surface area contributed by atoms with Crippen LogP contribution in [0.3, 0.4) is 0 Å². The van der Waals surface area contributed by atoms with E-state index >= 15 is 0 Å². The molecule has 23 heavy (non-hydrogen) atoms. The normalized spacial score (nSPS) is 20.4. The average molecular weight is 310 g/mol. The van der Waals surface area contributed by atoms with E-state index in [1.165, 1.54) is 16.9 Å². The van der Waals surface area contributed by atoms with Crippen molar-refractivity contribution in [2.24, 2.45) is 0 Å². The molecule has 1 aliphatic heterocycles. The van der Waals surface area contributed by atoms with Gasteiger partial charge in [0, 0.05) is 17.9 Å². The first-order valence-electron chi connectivity index (χ1n) is 8.32. The van der Waals surface area contributed by atoms with Gasteiger partial charge >= 0.3 is 0 Å². The van der Waals surface area contributed by atoms with E-state index in [-0.39, 0.29) is 5.78 Å². The van der Waals surface area contributed by atoms with Crippen LogP contribution in [-0.4, -0.2) is 32.5 Å². The number of methoxy groups -OCH3 is 1. The topological polar surface area (TPSA) is 30.7 Å². The summed E-state index contributed by atoms with van der Waals surface area (Å²) in [4.78, 5) is 13.9. The van der Waals surface area contributed by atoms with Crippen molar-refractivity contribution in [1.29, 1.82) is 0 Å². The Morgan fingerprint density at radius 2 is 2.00 bits per heavy atom. The van der Waals surface area contributed by atoms with Gasteiger partial charge in [0.25, 0.3) is 0 Å². The molecule has 1 fully saturated rings. The summed E-state index contributed by atoms with van der Waals surface area (Å²) in [5.41, 5.74) is 2.18. The van der Waals surface area contributed by atoms with Gasteiger partial charge in [-0.1, -0.05) is 42.5 Å². The van der Waals surface area contributed by atoms with Gasteiger partial charge in [0.1, 0.15) is 5.75 Å². The molecule has 3 rings (SSSR count). The Bertz CT molecular complexity index is 654. The quantitative estimate of drug-likeness (QED) is 0.830. The second-order valence-electron chi connectivity index (χ2n) is 6.26. The highest BCUT2D eigenvalue weighted by atomic mass is 16.5. The van der Waals surface area contributed by atoms with Crippen LogP contribution in [0.2, 0.25) is 0 Å². The zero-order valence-electron chi connectivity index (χ0n) is 13.6. The molecule has 2 aromatic rings. The van der Waals surface area contributed by atoms with Crippen LogP contribution in [0.15, 0.2) is 54.6 Å². The number of hydrogen-bond donors (Lipinski definition) is 1. The van der Waals surface area contributed by atoms with Crippen molar-refractivity contribution in [3.05, 3.63) is 65.7 Å². The number of ketones is 1. The largest absolute Gasteiger partial charge is 0.497 e. The summed E-state index contributed by atoms with van der Waals surface area (Å²) in [6.07, 6.45) is 1.82. The molecule has 0 saturated carbocycles. The fourth-order valence-corrected chi connectivity index (χ4v) is 3.40. The maximum Gasteiger partial charge on any atom is 0.168 e. The van der Waals surface area contributed by atoms with E-state index < -0.39 is 0 Å². The lowest BCUT2D eigenvalue weighted by Gasteiger charge is -2.13. The molecule has 1 heterocycles. The molecule has 0 aromatic heterocycles. The average Bonchev–Trinajstić information content (AvgIpc) is 3.09. The Kier molecular flexibility index (Phi) is 5.09. The Morgan fingerprint density at radius 3 is 2.78 bits per heavy atom. The van der Waals surface area contributed by atoms with Crippen molar-refractivity contribution in [1.82, 2.24) is 0 Å². The monoisotopic (exact) mass is 310 g/mol. The van der Waals surface area contributed by atoms with Gasteiger partial charge < -0.3 is 9.64 Å². The highest BCUT2D eigenvalue weighted by Gasteiger charge is 2.27. The Balaban J connectivity index is 1.52. The molecule has 3 heteroatoms. The smallest absolute Gasteiger partial charge is 0.168 e. The number of carbonyl (C=O) groups is 1. The lowest BCUT2D eigenvalue weighted by atomic mass is 9.99. The number of quaternary nitrogens is 1. The second kappa shape index (κ2) is 7.42. The molecular weight excluding hydrogens is 286 g/mol. The van der Waals surface area contributed by atoms with E-state index in [2.05, 4.69) is 30.3 Å². The molecule has 2 atom stereocenters. The molecule has 0 radical (unpaired) electrons. The molecule has 0 aliphatic carbocycles. The summed E-state index contributed by atoms with van der Waals surface area (Å²) in [6, 6.07) is 18.2. The summed E-state index contributed by atoms with van der Waals surface area (Å²) in [7, 11) is 1.63. The Hall–Kier alpha value is -2.13. The molecule has 120 valence electrons. The molecule has 1 N–H and O–H groups in total. The fourth-order valence-electron chi connectivity index (χ4n) is 3.40. The number of nitrogens with one attached hydrogen (secondary N) is 1. The molecular formula is C20H24NO2+. The summed E-state index contributed by atoms with van der Waals surface area (Å²) in [5.74, 6) is 1.59. The lowest BCUT2D eigenvalue weighted by molar-refractivity contribution is -0.887. The van der Waals surface area contributed by atoms with Gasteiger partial charge in [0.15, 0.2) is 5.78 Å². The molecule has 1 saturated heterocycles. The highest BCUT2D eigenvalue weighted by Crippen LogP contribution is 2.19. The van der Waals surface area contributed by atoms with E-state index in [9.17, 15) is 4.79 Å². The van der Waals surface area contributed by atoms with Crippen molar-refractivity contribution < 1.29 is 14.4 Å². The summed E-state index contributed by atoms with van der Waals surface area (Å²) >= 11 is 0. The molecule has 0 spiro atoms. The Labute approximate surface area is 137 Å². The van der Waals surface area contributed by atoms with Gasteiger partial charge in [-0.3, -0.25) is 4.79 Å². The summed E-state index contributed by atoms with van der Waals surface area (Å²) in [6.45, 7) is 3.21. The van der Waals surface area contributed by atoms with Gasteiger partial charge in [0.2, 0.25) is 0 Å². The standard InChI is InChI=1S/C20H23NO2/c1-23-19-9-5-8-17(14-19)20(22)11-13-21-12-10-18(15-21)16-6-3-2-4-7-16/h2-9,14,18H,10-13,15H2,1H3/p+1/t18-/m1/s1. The third-order valence-corrected chi connectivity index (χ3v) is 4.75. The summed E-state index contributed by atoms with van der Waals surface area (Å²) in [5, 5.41) is 0. The zero-order valence-corrected chi connectivity index (χ0v) is 13.6. The molecule has 1 unspecified atom stereocenters. The van der Waals surface area contributed by atoms with Crippen LogP contribution in [0.1, 0.15) is 34.7 Å². The van der Waals surface area contributed by atoms with Crippen molar-refractivity contribution in [3.8, 4) is 5.75 Å². The van der Waals surface area contributed by atoms with Gasteiger partial charge in [-0.15, -0.1) is 0 Å². The van der Waals surface area contributed by atoms with E-state index in [0.29, 0.717) is 12.3 Å². The van der Waals surface area contributed by atoms with Crippen molar-refractivity contribution >= 4 is 5.78 Å². The van der Waals surface area contributed by atoms with E-state index in [1.807, 2.05) is 24.3 Å². The summed E-state index contributed by atoms with van der Waals surface area (Å²) < 4.78 is 5.19. The first kappa shape index (κ1) is 15.8. The molecule has 2 aromatic carbocycles. The first-order chi connectivity index (χ1) is 11.3. The number of likely N-dealkylation sites (tertiary alicyclic amines) is 1. The lowest BCUT2D eigenvalue weighted by Crippen LogP contribution is -3.10. The molecule has 0 bridgehead atoms. The zero-order chi connectivity index (χ0) is 16.1. The number of hydrogen-bond acceptors (Lipinski definition) is 2. The van der Waals surface area contributed by atoms with Crippen LogP contribution >= 0.6 is 0 Å². The Morgan fingerprint density at radius 1 is 1.17 bits per heavy atom. The van der Waals surface area contributed by atoms with Gasteiger partial charge in [-0.25, -0.2) is 0 Å². The van der Waals surface area contributed by atoms with Crippen molar-refractivity contribution in [2.45, 2.75) is 18.8 Å². The van der Waals surface area contributed by atoms with Gasteiger partial charge in [-0.05, 0) is 17.7 Å². The molecule has 3 nitrogen and oxygen atoms in total. The third kappa shape index (κ3) is 3.99. The van der Waals surface area contributed by atoms with Crippen LogP contribution in [-0.2, 0) is 0 Å². The van der Waals surface area contributed by atoms with Crippen LogP contribution in [0.4, 0.5) is 0 Å². The minimum atomic E-state index is 0.208. The fraction of sp³-hybridized carbons (Fsp3) is 0.350. The minimum absolute atomic E-state index is 0.208. The number of carbonyl (C=O) groups excluding carboxylic acids is 1. The van der Waals surface area contributed by atoms with E-state index in [1.54, 1.807) is 7.11 Å². The third-order valence-electron chi connectivity index (χ3n) is 4.75. The van der Waals surface area contributed by atoms with Crippen LogP contribution in [0.5, 0.6) is 5.75 Å². The number of rotatable bonds is 6. The highest BCUT2D eigenvalue weighted by molar-refractivity contribution is 5.96. The maximum atomic E-state index is 12.4. The molecule has 1 aliphatic rings. The number of benzene rings is 2. The first-order valence-corrected chi connectivity index (χ1v) is 8.32.